The van der Waals surface area contributed by atoms with Crippen molar-refractivity contribution in [2.75, 3.05) is 27.2 Å². The lowest BCUT2D eigenvalue weighted by Crippen LogP contribution is -2.43. The molecule has 0 aliphatic rings. The average molecular weight is 364 g/mol. The van der Waals surface area contributed by atoms with E-state index in [1.165, 1.54) is 4.90 Å². The number of aromatic hydroxyl groups is 2. The van der Waals surface area contributed by atoms with Gasteiger partial charge >= 0.3 is 6.09 Å². The predicted molar refractivity (Wildman–Crippen MR) is 105 cm³/mol. The second kappa shape index (κ2) is 7.58. The quantitative estimate of drug-likeness (QED) is 0.670. The van der Waals surface area contributed by atoms with Crippen molar-refractivity contribution in [1.82, 2.24) is 10.2 Å². The normalized spacial score (nSPS) is 12.1. The highest BCUT2D eigenvalue weighted by atomic mass is 16.6. The van der Waals surface area contributed by atoms with Crippen LogP contribution in [-0.2, 0) is 10.3 Å². The lowest BCUT2D eigenvalue weighted by Gasteiger charge is -2.33. The number of carbonyl (C=O) groups is 1. The molecule has 1 rings (SSSR count). The van der Waals surface area contributed by atoms with E-state index in [1.807, 2.05) is 20.9 Å². The number of benzene rings is 1. The number of phenolic OH excluding ortho intramolecular Hbond substituents is 2. The Bertz CT molecular complexity index is 784. The predicted octanol–water partition coefficient (Wildman–Crippen LogP) is 1.78. The highest BCUT2D eigenvalue weighted by Gasteiger charge is 2.33. The second-order valence-electron chi connectivity index (χ2n) is 8.08. The van der Waals surface area contributed by atoms with Crippen LogP contribution in [0.5, 0.6) is 11.5 Å². The minimum atomic E-state index is -1.20. The molecule has 0 saturated heterocycles. The molecular formula is C20H32N2O4. The van der Waals surface area contributed by atoms with E-state index in [9.17, 15) is 15.0 Å². The van der Waals surface area contributed by atoms with Crippen LogP contribution in [-0.4, -0.2) is 48.4 Å². The van der Waals surface area contributed by atoms with Gasteiger partial charge in [-0.25, -0.2) is 4.79 Å². The molecule has 1 amide bonds. The first-order valence-electron chi connectivity index (χ1n) is 8.56. The van der Waals surface area contributed by atoms with Crippen LogP contribution >= 0.6 is 0 Å². The molecule has 146 valence electrons. The molecule has 0 unspecified atom stereocenters. The number of amides is 1. The second-order valence-corrected chi connectivity index (χ2v) is 8.08. The summed E-state index contributed by atoms with van der Waals surface area (Å²) in [4.78, 5) is 14.1. The molecule has 0 spiro atoms. The largest absolute Gasteiger partial charge is 0.507 e. The van der Waals surface area contributed by atoms with Crippen LogP contribution in [0.1, 0.15) is 38.8 Å². The van der Waals surface area contributed by atoms with Gasteiger partial charge in [0.1, 0.15) is 17.1 Å². The molecule has 6 nitrogen and oxygen atoms in total. The lowest BCUT2D eigenvalue weighted by atomic mass is 9.92. The number of nitrogens with zero attached hydrogens (tertiary/aromatic N) is 1. The molecule has 1 aromatic carbocycles. The minimum absolute atomic E-state index is 0.0598. The van der Waals surface area contributed by atoms with Crippen molar-refractivity contribution >= 4 is 19.3 Å². The van der Waals surface area contributed by atoms with Gasteiger partial charge < -0.3 is 25.2 Å². The van der Waals surface area contributed by atoms with Crippen LogP contribution in [0.3, 0.4) is 0 Å². The Balaban J connectivity index is 3.16. The van der Waals surface area contributed by atoms with Gasteiger partial charge in [0.25, 0.3) is 0 Å². The molecule has 0 aromatic heterocycles. The fourth-order valence-electron chi connectivity index (χ4n) is 3.20. The van der Waals surface area contributed by atoms with E-state index in [0.29, 0.717) is 12.1 Å². The van der Waals surface area contributed by atoms with E-state index >= 15 is 0 Å². The standard InChI is InChI=1S/C20H32N2O4/c1-12-13(2)17(24)15(14(3)16(12)23)20(6,7)26-18(25)22(9)11-19(4,5)10-21-8/h21,23-24H,2-3,10-11H2,1,4-9H3. The number of nitrogens with one attached hydrogen (secondary N) is 1. The van der Waals surface area contributed by atoms with Gasteiger partial charge in [0.2, 0.25) is 0 Å². The third-order valence-corrected chi connectivity index (χ3v) is 4.49. The van der Waals surface area contributed by atoms with Gasteiger partial charge in [0, 0.05) is 41.7 Å². The topological polar surface area (TPSA) is 82.0 Å². The Kier molecular flexibility index (Phi) is 6.36. The molecule has 0 fully saturated rings. The Hall–Kier alpha value is -2.21. The van der Waals surface area contributed by atoms with Gasteiger partial charge in [0.15, 0.2) is 0 Å². The molecule has 0 radical (unpaired) electrons. The fraction of sp³-hybridized carbons (Fsp3) is 0.550. The first kappa shape index (κ1) is 21.8. The Morgan fingerprint density at radius 2 is 1.69 bits per heavy atom. The highest BCUT2D eigenvalue weighted by Crippen LogP contribution is 2.30. The van der Waals surface area contributed by atoms with E-state index in [-0.39, 0.29) is 32.9 Å². The van der Waals surface area contributed by atoms with Crippen LogP contribution in [0.4, 0.5) is 4.79 Å². The Morgan fingerprint density at radius 1 is 1.15 bits per heavy atom. The summed E-state index contributed by atoms with van der Waals surface area (Å²) >= 11 is 0. The Morgan fingerprint density at radius 3 is 2.19 bits per heavy atom. The Labute approximate surface area is 155 Å². The third kappa shape index (κ3) is 4.49. The third-order valence-electron chi connectivity index (χ3n) is 4.49. The van der Waals surface area contributed by atoms with E-state index in [2.05, 4.69) is 18.5 Å². The zero-order chi connectivity index (χ0) is 20.4. The van der Waals surface area contributed by atoms with Crippen molar-refractivity contribution in [3.63, 3.8) is 0 Å². The molecular weight excluding hydrogens is 332 g/mol. The van der Waals surface area contributed by atoms with Gasteiger partial charge in [0.05, 0.1) is 0 Å². The first-order chi connectivity index (χ1) is 11.7. The van der Waals surface area contributed by atoms with E-state index < -0.39 is 11.7 Å². The molecule has 0 saturated carbocycles. The van der Waals surface area contributed by atoms with Crippen molar-refractivity contribution < 1.29 is 19.7 Å². The minimum Gasteiger partial charge on any atom is -0.507 e. The van der Waals surface area contributed by atoms with Crippen LogP contribution in [0.15, 0.2) is 0 Å². The average Bonchev–Trinajstić information content (AvgIpc) is 2.49. The summed E-state index contributed by atoms with van der Waals surface area (Å²) in [6, 6.07) is 0. The number of carbonyl (C=O) groups excluding carboxylic acids is 1. The number of rotatable bonds is 6. The summed E-state index contributed by atoms with van der Waals surface area (Å²) in [5.41, 5.74) is -0.627. The maximum absolute atomic E-state index is 12.6. The van der Waals surface area contributed by atoms with Gasteiger partial charge in [-0.1, -0.05) is 27.0 Å². The van der Waals surface area contributed by atoms with Crippen LogP contribution in [0.2, 0.25) is 0 Å². The molecule has 0 atom stereocenters. The molecule has 0 aliphatic heterocycles. The van der Waals surface area contributed by atoms with Crippen molar-refractivity contribution in [3.05, 3.63) is 21.6 Å². The van der Waals surface area contributed by atoms with E-state index in [1.54, 1.807) is 27.8 Å². The molecule has 0 heterocycles. The monoisotopic (exact) mass is 364 g/mol. The maximum Gasteiger partial charge on any atom is 0.410 e. The number of ether oxygens (including phenoxy) is 1. The van der Waals surface area contributed by atoms with Crippen LogP contribution in [0.25, 0.3) is 13.2 Å². The number of hydrogen-bond acceptors (Lipinski definition) is 5. The first-order valence-corrected chi connectivity index (χ1v) is 8.56. The molecule has 0 aliphatic carbocycles. The van der Waals surface area contributed by atoms with Gasteiger partial charge in [-0.15, -0.1) is 0 Å². The van der Waals surface area contributed by atoms with E-state index in [0.717, 1.165) is 6.54 Å². The van der Waals surface area contributed by atoms with Crippen molar-refractivity contribution in [2.45, 2.75) is 40.2 Å². The van der Waals surface area contributed by atoms with Crippen molar-refractivity contribution in [3.8, 4) is 11.5 Å². The molecule has 0 bridgehead atoms. The SMILES string of the molecule is C=c1c(C)c(O)c(=C)c(C(C)(C)OC(=O)N(C)CC(C)(C)CNC)c1O. The summed E-state index contributed by atoms with van der Waals surface area (Å²) in [6.07, 6.45) is -0.524. The summed E-state index contributed by atoms with van der Waals surface area (Å²) in [5, 5.41) is 24.4. The molecule has 3 N–H and O–H groups in total. The van der Waals surface area contributed by atoms with E-state index in [4.69, 9.17) is 4.74 Å². The summed E-state index contributed by atoms with van der Waals surface area (Å²) in [7, 11) is 3.53. The zero-order valence-corrected chi connectivity index (χ0v) is 17.0. The highest BCUT2D eigenvalue weighted by molar-refractivity contribution is 5.68. The van der Waals surface area contributed by atoms with Crippen molar-refractivity contribution in [2.24, 2.45) is 5.41 Å². The van der Waals surface area contributed by atoms with Crippen molar-refractivity contribution in [1.29, 1.82) is 0 Å². The smallest absolute Gasteiger partial charge is 0.410 e. The zero-order valence-electron chi connectivity index (χ0n) is 17.0. The van der Waals surface area contributed by atoms with Crippen LogP contribution in [0, 0.1) is 12.3 Å². The number of phenols is 2. The van der Waals surface area contributed by atoms with Gasteiger partial charge in [-0.05, 0) is 33.2 Å². The lowest BCUT2D eigenvalue weighted by molar-refractivity contribution is 0.00797. The molecule has 26 heavy (non-hydrogen) atoms. The van der Waals surface area contributed by atoms with Gasteiger partial charge in [-0.2, -0.15) is 0 Å². The summed E-state index contributed by atoms with van der Waals surface area (Å²) < 4.78 is 5.65. The number of hydrogen-bond donors (Lipinski definition) is 3. The fourth-order valence-corrected chi connectivity index (χ4v) is 3.20. The summed E-state index contributed by atoms with van der Waals surface area (Å²) in [5.74, 6) is -0.184. The summed E-state index contributed by atoms with van der Waals surface area (Å²) in [6.45, 7) is 17.9. The molecule has 6 heteroatoms. The van der Waals surface area contributed by atoms with Gasteiger partial charge in [-0.3, -0.25) is 0 Å². The molecule has 1 aromatic rings. The van der Waals surface area contributed by atoms with Crippen LogP contribution < -0.4 is 15.8 Å². The maximum atomic E-state index is 12.6.